The monoisotopic (exact) mass is 405 g/mol. The highest BCUT2D eigenvalue weighted by Crippen LogP contribution is 2.38. The Labute approximate surface area is 164 Å². The minimum atomic E-state index is -1.16. The fourth-order valence-corrected chi connectivity index (χ4v) is 3.65. The lowest BCUT2D eigenvalue weighted by atomic mass is 10.1. The van der Waals surface area contributed by atoms with Gasteiger partial charge in [0, 0.05) is 11.8 Å². The number of hydrogen-bond donors (Lipinski definition) is 1. The second kappa shape index (κ2) is 8.53. The highest BCUT2D eigenvalue weighted by molar-refractivity contribution is 8.04. The highest BCUT2D eigenvalue weighted by Gasteiger charge is 2.40. The van der Waals surface area contributed by atoms with Crippen molar-refractivity contribution in [3.05, 3.63) is 64.6 Å². The van der Waals surface area contributed by atoms with Crippen LogP contribution in [-0.2, 0) is 9.59 Å². The number of amides is 2. The first-order valence-electron chi connectivity index (χ1n) is 8.53. The summed E-state index contributed by atoms with van der Waals surface area (Å²) in [6.45, 7) is 2.15. The molecular formula is C20H17F2NO4S. The number of nitrogens with zero attached hydrogens (tertiary/aromatic N) is 1. The largest absolute Gasteiger partial charge is 0.494 e. The van der Waals surface area contributed by atoms with E-state index in [0.29, 0.717) is 17.9 Å². The molecule has 146 valence electrons. The molecule has 0 radical (unpaired) electrons. The molecule has 1 heterocycles. The molecular weight excluding hydrogens is 388 g/mol. The number of aliphatic hydroxyl groups is 1. The van der Waals surface area contributed by atoms with E-state index in [2.05, 4.69) is 0 Å². The molecule has 8 heteroatoms. The molecule has 2 aromatic rings. The van der Waals surface area contributed by atoms with Gasteiger partial charge in [-0.25, -0.2) is 13.7 Å². The number of imide groups is 1. The molecule has 0 aromatic heterocycles. The van der Waals surface area contributed by atoms with Crippen molar-refractivity contribution in [1.29, 1.82) is 0 Å². The first-order valence-corrected chi connectivity index (χ1v) is 9.51. The lowest BCUT2D eigenvalue weighted by Gasteiger charge is -2.15. The van der Waals surface area contributed by atoms with E-state index in [9.17, 15) is 18.4 Å². The van der Waals surface area contributed by atoms with Crippen LogP contribution >= 0.6 is 11.8 Å². The summed E-state index contributed by atoms with van der Waals surface area (Å²) in [5.74, 6) is -2.68. The minimum Gasteiger partial charge on any atom is -0.494 e. The van der Waals surface area contributed by atoms with E-state index in [1.165, 1.54) is 6.07 Å². The summed E-state index contributed by atoms with van der Waals surface area (Å²) in [7, 11) is 0. The Bertz CT molecular complexity index is 944. The Kier molecular flexibility index (Phi) is 6.11. The number of anilines is 1. The number of carbonyl (C=O) groups excluding carboxylic acids is 2. The molecule has 0 saturated carbocycles. The number of hydrogen-bond acceptors (Lipinski definition) is 5. The van der Waals surface area contributed by atoms with Gasteiger partial charge < -0.3 is 9.84 Å². The van der Waals surface area contributed by atoms with Crippen LogP contribution in [0.15, 0.2) is 47.4 Å². The van der Waals surface area contributed by atoms with E-state index in [-0.39, 0.29) is 28.5 Å². The van der Waals surface area contributed by atoms with Crippen molar-refractivity contribution in [3.63, 3.8) is 0 Å². The van der Waals surface area contributed by atoms with Gasteiger partial charge in [-0.3, -0.25) is 9.59 Å². The zero-order chi connectivity index (χ0) is 20.3. The standard InChI is InChI=1S/C20H17F2NO4S/c1-2-27-14-6-3-12(4-7-14)17-18(28-10-9-24)20(26)23(19(17)25)13-5-8-15(21)16(22)11-13/h3-8,11,24H,2,9-10H2,1H3. The van der Waals surface area contributed by atoms with Crippen LogP contribution in [0.25, 0.3) is 5.57 Å². The summed E-state index contributed by atoms with van der Waals surface area (Å²) in [5.41, 5.74) is 0.584. The lowest BCUT2D eigenvalue weighted by Crippen LogP contribution is -2.31. The van der Waals surface area contributed by atoms with Crippen LogP contribution in [0.1, 0.15) is 12.5 Å². The van der Waals surface area contributed by atoms with E-state index < -0.39 is 23.4 Å². The summed E-state index contributed by atoms with van der Waals surface area (Å²) in [6.07, 6.45) is 0. The van der Waals surface area contributed by atoms with Crippen LogP contribution in [0.5, 0.6) is 5.75 Å². The summed E-state index contributed by atoms with van der Waals surface area (Å²) in [6, 6.07) is 9.50. The number of thioether (sulfide) groups is 1. The van der Waals surface area contributed by atoms with Crippen molar-refractivity contribution in [1.82, 2.24) is 0 Å². The summed E-state index contributed by atoms with van der Waals surface area (Å²) >= 11 is 1.04. The minimum absolute atomic E-state index is 0.0584. The van der Waals surface area contributed by atoms with E-state index in [1.54, 1.807) is 24.3 Å². The van der Waals surface area contributed by atoms with E-state index in [4.69, 9.17) is 9.84 Å². The first-order chi connectivity index (χ1) is 13.5. The number of aliphatic hydroxyl groups excluding tert-OH is 1. The maximum atomic E-state index is 13.6. The Morgan fingerprint density at radius 2 is 1.75 bits per heavy atom. The average Bonchev–Trinajstić information content (AvgIpc) is 2.93. The van der Waals surface area contributed by atoms with Gasteiger partial charge in [0.25, 0.3) is 11.8 Å². The van der Waals surface area contributed by atoms with Crippen LogP contribution < -0.4 is 9.64 Å². The van der Waals surface area contributed by atoms with E-state index in [0.717, 1.165) is 28.8 Å². The summed E-state index contributed by atoms with van der Waals surface area (Å²) < 4.78 is 32.3. The predicted octanol–water partition coefficient (Wildman–Crippen LogP) is 3.37. The summed E-state index contributed by atoms with van der Waals surface area (Å²) in [5, 5.41) is 9.12. The van der Waals surface area contributed by atoms with Crippen molar-refractivity contribution in [3.8, 4) is 5.75 Å². The van der Waals surface area contributed by atoms with Gasteiger partial charge in [0.2, 0.25) is 0 Å². The zero-order valence-electron chi connectivity index (χ0n) is 14.9. The molecule has 0 spiro atoms. The number of benzene rings is 2. The van der Waals surface area contributed by atoms with E-state index in [1.807, 2.05) is 6.92 Å². The van der Waals surface area contributed by atoms with Gasteiger partial charge in [-0.05, 0) is 36.8 Å². The SMILES string of the molecule is CCOc1ccc(C2=C(SCCO)C(=O)N(c3ccc(F)c(F)c3)C2=O)cc1. The molecule has 0 aliphatic carbocycles. The van der Waals surface area contributed by atoms with Crippen LogP contribution in [0, 0.1) is 11.6 Å². The topological polar surface area (TPSA) is 66.8 Å². The van der Waals surface area contributed by atoms with Gasteiger partial charge >= 0.3 is 0 Å². The van der Waals surface area contributed by atoms with Crippen LogP contribution in [0.3, 0.4) is 0 Å². The number of rotatable bonds is 7. The van der Waals surface area contributed by atoms with Gasteiger partial charge in [0.05, 0.1) is 29.4 Å². The fraction of sp³-hybridized carbons (Fsp3) is 0.200. The number of halogens is 2. The molecule has 2 aromatic carbocycles. The van der Waals surface area contributed by atoms with E-state index >= 15 is 0 Å². The quantitative estimate of drug-likeness (QED) is 0.716. The molecule has 0 saturated heterocycles. The van der Waals surface area contributed by atoms with Gasteiger partial charge in [0.15, 0.2) is 11.6 Å². The predicted molar refractivity (Wildman–Crippen MR) is 103 cm³/mol. The summed E-state index contributed by atoms with van der Waals surface area (Å²) in [4.78, 5) is 26.9. The fourth-order valence-electron chi connectivity index (χ4n) is 2.79. The molecule has 1 aliphatic rings. The van der Waals surface area contributed by atoms with Crippen molar-refractivity contribution >= 4 is 34.8 Å². The van der Waals surface area contributed by atoms with Gasteiger partial charge in [-0.1, -0.05) is 12.1 Å². The lowest BCUT2D eigenvalue weighted by molar-refractivity contribution is -0.119. The Morgan fingerprint density at radius 1 is 1.04 bits per heavy atom. The molecule has 2 amide bonds. The number of carbonyl (C=O) groups is 2. The van der Waals surface area contributed by atoms with Crippen LogP contribution in [0.2, 0.25) is 0 Å². The maximum absolute atomic E-state index is 13.6. The molecule has 0 fully saturated rings. The van der Waals surface area contributed by atoms with Crippen LogP contribution in [-0.4, -0.2) is 35.9 Å². The van der Waals surface area contributed by atoms with Crippen molar-refractivity contribution in [2.45, 2.75) is 6.92 Å². The molecule has 0 atom stereocenters. The Morgan fingerprint density at radius 3 is 2.36 bits per heavy atom. The van der Waals surface area contributed by atoms with Gasteiger partial charge in [-0.2, -0.15) is 0 Å². The molecule has 3 rings (SSSR count). The Hall–Kier alpha value is -2.71. The first kappa shape index (κ1) is 20.0. The van der Waals surface area contributed by atoms with Crippen molar-refractivity contribution in [2.24, 2.45) is 0 Å². The zero-order valence-corrected chi connectivity index (χ0v) is 15.8. The highest BCUT2D eigenvalue weighted by atomic mass is 32.2. The average molecular weight is 405 g/mol. The third-order valence-corrected chi connectivity index (χ3v) is 5.05. The molecule has 0 bridgehead atoms. The molecule has 1 N–H and O–H groups in total. The molecule has 0 unspecified atom stereocenters. The van der Waals surface area contributed by atoms with Gasteiger partial charge in [-0.15, -0.1) is 11.8 Å². The normalized spacial score (nSPS) is 14.2. The van der Waals surface area contributed by atoms with Crippen LogP contribution in [0.4, 0.5) is 14.5 Å². The number of ether oxygens (including phenoxy) is 1. The van der Waals surface area contributed by atoms with Crippen molar-refractivity contribution in [2.75, 3.05) is 23.9 Å². The smallest absolute Gasteiger partial charge is 0.272 e. The second-order valence-electron chi connectivity index (χ2n) is 5.78. The second-order valence-corrected chi connectivity index (χ2v) is 6.88. The molecule has 1 aliphatic heterocycles. The third kappa shape index (κ3) is 3.79. The Balaban J connectivity index is 2.03. The third-order valence-electron chi connectivity index (χ3n) is 3.99. The molecule has 5 nitrogen and oxygen atoms in total. The van der Waals surface area contributed by atoms with Gasteiger partial charge in [0.1, 0.15) is 5.75 Å². The van der Waals surface area contributed by atoms with Crippen molar-refractivity contribution < 1.29 is 28.2 Å². The maximum Gasteiger partial charge on any atom is 0.272 e. The molecule has 28 heavy (non-hydrogen) atoms.